The summed E-state index contributed by atoms with van der Waals surface area (Å²) in [4.78, 5) is 24.4. The Labute approximate surface area is 137 Å². The van der Waals surface area contributed by atoms with E-state index in [1.807, 2.05) is 6.26 Å². The monoisotopic (exact) mass is 374 g/mol. The quantitative estimate of drug-likeness (QED) is 0.428. The van der Waals surface area contributed by atoms with Crippen molar-refractivity contribution in [2.75, 3.05) is 18.6 Å². The van der Waals surface area contributed by atoms with Crippen LogP contribution in [-0.2, 0) is 19.7 Å². The highest BCUT2D eigenvalue weighted by Crippen LogP contribution is 2.36. The third-order valence-electron chi connectivity index (χ3n) is 3.22. The van der Waals surface area contributed by atoms with Crippen LogP contribution < -0.4 is 0 Å². The Morgan fingerprint density at radius 2 is 2.05 bits per heavy atom. The summed E-state index contributed by atoms with van der Waals surface area (Å²) < 4.78 is 5.66. The van der Waals surface area contributed by atoms with Crippen molar-refractivity contribution >= 4 is 39.6 Å². The molecule has 0 saturated carbocycles. The number of benzene rings is 1. The minimum Gasteiger partial charge on any atom is -0.480 e. The molecule has 0 saturated heterocycles. The Kier molecular flexibility index (Phi) is 7.25. The van der Waals surface area contributed by atoms with Crippen molar-refractivity contribution < 1.29 is 19.4 Å². The highest BCUT2D eigenvalue weighted by molar-refractivity contribution is 9.10. The van der Waals surface area contributed by atoms with Crippen LogP contribution >= 0.6 is 27.7 Å². The first kappa shape index (κ1) is 18.0. The number of aliphatic carboxylic acids is 1. The summed E-state index contributed by atoms with van der Waals surface area (Å²) in [6.07, 6.45) is 2.78. The van der Waals surface area contributed by atoms with E-state index in [9.17, 15) is 14.7 Å². The van der Waals surface area contributed by atoms with Gasteiger partial charge in [0.1, 0.15) is 0 Å². The molecule has 0 heterocycles. The third kappa shape index (κ3) is 4.01. The van der Waals surface area contributed by atoms with E-state index in [2.05, 4.69) is 15.9 Å². The zero-order chi connectivity index (χ0) is 15.9. The van der Waals surface area contributed by atoms with Gasteiger partial charge in [0.2, 0.25) is 0 Å². The summed E-state index contributed by atoms with van der Waals surface area (Å²) in [5.41, 5.74) is -1.22. The SMILES string of the molecule is CCOC(=O)C(CCCSC)(C(=O)O)c1ccccc1Br. The molecule has 1 aromatic rings. The molecule has 0 aromatic heterocycles. The number of carbonyl (C=O) groups excluding carboxylic acids is 1. The molecule has 0 amide bonds. The molecule has 1 rings (SSSR count). The van der Waals surface area contributed by atoms with Gasteiger partial charge < -0.3 is 9.84 Å². The number of hydrogen-bond acceptors (Lipinski definition) is 4. The molecule has 6 heteroatoms. The van der Waals surface area contributed by atoms with Crippen molar-refractivity contribution in [2.45, 2.75) is 25.2 Å². The first-order valence-corrected chi connectivity index (χ1v) is 8.84. The van der Waals surface area contributed by atoms with Crippen molar-refractivity contribution in [3.8, 4) is 0 Å². The van der Waals surface area contributed by atoms with Crippen LogP contribution in [-0.4, -0.2) is 35.7 Å². The van der Waals surface area contributed by atoms with Gasteiger partial charge in [0.25, 0.3) is 0 Å². The lowest BCUT2D eigenvalue weighted by Crippen LogP contribution is -2.45. The molecule has 4 nitrogen and oxygen atoms in total. The number of thioether (sulfide) groups is 1. The maximum absolute atomic E-state index is 12.4. The summed E-state index contributed by atoms with van der Waals surface area (Å²) in [6.45, 7) is 1.83. The van der Waals surface area contributed by atoms with Gasteiger partial charge >= 0.3 is 11.9 Å². The van der Waals surface area contributed by atoms with E-state index in [0.717, 1.165) is 5.75 Å². The van der Waals surface area contributed by atoms with E-state index < -0.39 is 17.4 Å². The topological polar surface area (TPSA) is 63.6 Å². The Bertz CT molecular complexity index is 506. The number of esters is 1. The fourth-order valence-corrected chi connectivity index (χ4v) is 3.26. The molecule has 1 unspecified atom stereocenters. The Morgan fingerprint density at radius 3 is 2.57 bits per heavy atom. The average Bonchev–Trinajstić information content (AvgIpc) is 2.44. The van der Waals surface area contributed by atoms with Gasteiger partial charge in [0.15, 0.2) is 5.41 Å². The van der Waals surface area contributed by atoms with E-state index in [4.69, 9.17) is 4.74 Å². The van der Waals surface area contributed by atoms with Gasteiger partial charge in [-0.05, 0) is 43.4 Å². The first-order chi connectivity index (χ1) is 10.0. The minimum absolute atomic E-state index is 0.154. The molecule has 0 fully saturated rings. The zero-order valence-corrected chi connectivity index (χ0v) is 14.5. The Balaban J connectivity index is 3.33. The van der Waals surface area contributed by atoms with Gasteiger partial charge in [-0.1, -0.05) is 34.1 Å². The van der Waals surface area contributed by atoms with E-state index in [1.165, 1.54) is 0 Å². The van der Waals surface area contributed by atoms with E-state index in [0.29, 0.717) is 16.5 Å². The number of carbonyl (C=O) groups is 2. The van der Waals surface area contributed by atoms with Gasteiger partial charge in [0, 0.05) is 4.47 Å². The lowest BCUT2D eigenvalue weighted by Gasteiger charge is -2.28. The highest BCUT2D eigenvalue weighted by atomic mass is 79.9. The fraction of sp³-hybridized carbons (Fsp3) is 0.467. The molecule has 0 spiro atoms. The van der Waals surface area contributed by atoms with E-state index in [-0.39, 0.29) is 13.0 Å². The molecule has 116 valence electrons. The largest absolute Gasteiger partial charge is 0.480 e. The number of halogens is 1. The van der Waals surface area contributed by atoms with Gasteiger partial charge in [0.05, 0.1) is 6.61 Å². The molecule has 21 heavy (non-hydrogen) atoms. The van der Waals surface area contributed by atoms with Crippen LogP contribution in [0.2, 0.25) is 0 Å². The van der Waals surface area contributed by atoms with Crippen LogP contribution in [0.1, 0.15) is 25.3 Å². The molecule has 0 aliphatic rings. The normalized spacial score (nSPS) is 13.5. The second-order valence-electron chi connectivity index (χ2n) is 4.51. The molecule has 0 aliphatic carbocycles. The molecule has 1 N–H and O–H groups in total. The molecular weight excluding hydrogens is 356 g/mol. The summed E-state index contributed by atoms with van der Waals surface area (Å²) in [5, 5.41) is 9.77. The Hall–Kier alpha value is -1.01. The van der Waals surface area contributed by atoms with Crippen LogP contribution in [0.25, 0.3) is 0 Å². The van der Waals surface area contributed by atoms with Crippen LogP contribution in [0.3, 0.4) is 0 Å². The number of rotatable bonds is 8. The predicted octanol–water partition coefficient (Wildman–Crippen LogP) is 3.48. The number of hydrogen-bond donors (Lipinski definition) is 1. The predicted molar refractivity (Wildman–Crippen MR) is 87.7 cm³/mol. The molecule has 0 aliphatic heterocycles. The zero-order valence-electron chi connectivity index (χ0n) is 12.1. The van der Waals surface area contributed by atoms with Gasteiger partial charge in [-0.15, -0.1) is 0 Å². The number of carboxylic acids is 1. The molecule has 0 bridgehead atoms. The maximum atomic E-state index is 12.4. The molecule has 1 atom stereocenters. The third-order valence-corrected chi connectivity index (χ3v) is 4.61. The van der Waals surface area contributed by atoms with Crippen molar-refractivity contribution in [1.29, 1.82) is 0 Å². The lowest BCUT2D eigenvalue weighted by atomic mass is 9.76. The summed E-state index contributed by atoms with van der Waals surface area (Å²) in [7, 11) is 0. The van der Waals surface area contributed by atoms with Crippen molar-refractivity contribution in [3.63, 3.8) is 0 Å². The average molecular weight is 375 g/mol. The van der Waals surface area contributed by atoms with Gasteiger partial charge in [-0.2, -0.15) is 11.8 Å². The van der Waals surface area contributed by atoms with Crippen molar-refractivity contribution in [1.82, 2.24) is 0 Å². The molecular formula is C15H19BrO4S. The Morgan fingerprint density at radius 1 is 1.38 bits per heavy atom. The fourth-order valence-electron chi connectivity index (χ4n) is 2.20. The van der Waals surface area contributed by atoms with Crippen LogP contribution in [0.4, 0.5) is 0 Å². The van der Waals surface area contributed by atoms with Crippen molar-refractivity contribution in [2.24, 2.45) is 0 Å². The van der Waals surface area contributed by atoms with Crippen molar-refractivity contribution in [3.05, 3.63) is 34.3 Å². The van der Waals surface area contributed by atoms with Crippen LogP contribution in [0.15, 0.2) is 28.7 Å². The summed E-state index contributed by atoms with van der Waals surface area (Å²) >= 11 is 4.97. The second-order valence-corrected chi connectivity index (χ2v) is 6.35. The van der Waals surface area contributed by atoms with Gasteiger partial charge in [-0.25, -0.2) is 0 Å². The minimum atomic E-state index is -1.66. The number of ether oxygens (including phenoxy) is 1. The standard InChI is InChI=1S/C15H19BrO4S/c1-3-20-14(19)15(13(17)18,9-6-10-21-2)11-7-4-5-8-12(11)16/h4-5,7-8H,3,6,9-10H2,1-2H3,(H,17,18). The van der Waals surface area contributed by atoms with Crippen LogP contribution in [0.5, 0.6) is 0 Å². The first-order valence-electron chi connectivity index (χ1n) is 6.65. The van der Waals surface area contributed by atoms with Gasteiger partial charge in [-0.3, -0.25) is 9.59 Å². The van der Waals surface area contributed by atoms with Crippen LogP contribution in [0, 0.1) is 0 Å². The lowest BCUT2D eigenvalue weighted by molar-refractivity contribution is -0.162. The smallest absolute Gasteiger partial charge is 0.328 e. The summed E-state index contributed by atoms with van der Waals surface area (Å²) in [5.74, 6) is -1.08. The van der Waals surface area contributed by atoms with E-state index in [1.54, 1.807) is 43.0 Å². The summed E-state index contributed by atoms with van der Waals surface area (Å²) in [6, 6.07) is 6.91. The second kappa shape index (κ2) is 8.44. The number of carboxylic acid groups (broad SMARTS) is 1. The maximum Gasteiger partial charge on any atom is 0.328 e. The molecule has 0 radical (unpaired) electrons. The highest BCUT2D eigenvalue weighted by Gasteiger charge is 2.49. The molecule has 1 aromatic carbocycles. The van der Waals surface area contributed by atoms with E-state index >= 15 is 0 Å².